The molecule has 0 spiro atoms. The highest BCUT2D eigenvalue weighted by Gasteiger charge is 2.41. The van der Waals surface area contributed by atoms with E-state index < -0.39 is 0 Å². The van der Waals surface area contributed by atoms with Crippen molar-refractivity contribution in [2.45, 2.75) is 38.8 Å². The molecule has 13 heavy (non-hydrogen) atoms. The first-order valence-electron chi connectivity index (χ1n) is 5.63. The van der Waals surface area contributed by atoms with Crippen LogP contribution in [-0.2, 0) is 0 Å². The Morgan fingerprint density at radius 3 is 2.08 bits per heavy atom. The lowest BCUT2D eigenvalue weighted by atomic mass is 9.91. The van der Waals surface area contributed by atoms with Gasteiger partial charge in [-0.3, -0.25) is 0 Å². The molecule has 0 amide bonds. The third kappa shape index (κ3) is 1.62. The van der Waals surface area contributed by atoms with Crippen LogP contribution in [0.3, 0.4) is 0 Å². The van der Waals surface area contributed by atoms with Gasteiger partial charge in [-0.2, -0.15) is 0 Å². The molecule has 2 unspecified atom stereocenters. The van der Waals surface area contributed by atoms with Crippen LogP contribution in [0.4, 0.5) is 0 Å². The van der Waals surface area contributed by atoms with E-state index in [-0.39, 0.29) is 0 Å². The van der Waals surface area contributed by atoms with Gasteiger partial charge in [-0.1, -0.05) is 0 Å². The summed E-state index contributed by atoms with van der Waals surface area (Å²) in [5.74, 6) is 1.84. The highest BCUT2D eigenvalue weighted by molar-refractivity contribution is 4.97. The van der Waals surface area contributed by atoms with Crippen LogP contribution in [0.2, 0.25) is 0 Å². The molecule has 0 aromatic heterocycles. The average Bonchev–Trinajstić information content (AvgIpc) is 2.34. The molecular formula is C11H22N2. The zero-order valence-electron chi connectivity index (χ0n) is 9.09. The van der Waals surface area contributed by atoms with Gasteiger partial charge < -0.3 is 10.2 Å². The van der Waals surface area contributed by atoms with Crippen molar-refractivity contribution < 1.29 is 0 Å². The molecule has 2 rings (SSSR count). The maximum atomic E-state index is 3.50. The highest BCUT2D eigenvalue weighted by Crippen LogP contribution is 2.37. The first-order chi connectivity index (χ1) is 6.22. The van der Waals surface area contributed by atoms with Gasteiger partial charge in [0.2, 0.25) is 0 Å². The summed E-state index contributed by atoms with van der Waals surface area (Å²) in [6.45, 7) is 7.28. The van der Waals surface area contributed by atoms with Crippen LogP contribution < -0.4 is 5.32 Å². The van der Waals surface area contributed by atoms with Crippen LogP contribution in [0.15, 0.2) is 0 Å². The van der Waals surface area contributed by atoms with Crippen LogP contribution in [-0.4, -0.2) is 37.1 Å². The van der Waals surface area contributed by atoms with E-state index >= 15 is 0 Å². The summed E-state index contributed by atoms with van der Waals surface area (Å²) in [4.78, 5) is 2.65. The molecule has 2 nitrogen and oxygen atoms in total. The molecule has 2 fully saturated rings. The van der Waals surface area contributed by atoms with Gasteiger partial charge >= 0.3 is 0 Å². The first kappa shape index (κ1) is 9.47. The zero-order chi connectivity index (χ0) is 9.42. The van der Waals surface area contributed by atoms with Crippen molar-refractivity contribution >= 4 is 0 Å². The molecule has 0 aromatic carbocycles. The fourth-order valence-electron chi connectivity index (χ4n) is 3.15. The maximum Gasteiger partial charge on any atom is 0.0145 e. The Morgan fingerprint density at radius 1 is 1.15 bits per heavy atom. The fourth-order valence-corrected chi connectivity index (χ4v) is 3.15. The summed E-state index contributed by atoms with van der Waals surface area (Å²) in [7, 11) is 2.13. The van der Waals surface area contributed by atoms with E-state index in [1.165, 1.54) is 25.9 Å². The molecule has 2 heteroatoms. The van der Waals surface area contributed by atoms with E-state index in [0.717, 1.165) is 23.9 Å². The zero-order valence-corrected chi connectivity index (χ0v) is 9.09. The number of hydrogen-bond acceptors (Lipinski definition) is 2. The van der Waals surface area contributed by atoms with Crippen molar-refractivity contribution in [2.75, 3.05) is 20.1 Å². The second-order valence-electron chi connectivity index (χ2n) is 4.96. The predicted molar refractivity (Wildman–Crippen MR) is 55.8 cm³/mol. The minimum atomic E-state index is 0.737. The van der Waals surface area contributed by atoms with Crippen LogP contribution in [0.1, 0.15) is 26.7 Å². The quantitative estimate of drug-likeness (QED) is 0.693. The van der Waals surface area contributed by atoms with Crippen molar-refractivity contribution in [2.24, 2.45) is 11.8 Å². The molecule has 1 saturated carbocycles. The van der Waals surface area contributed by atoms with Gasteiger partial charge in [-0.05, 0) is 45.6 Å². The molecule has 1 aliphatic heterocycles. The Hall–Kier alpha value is -0.0800. The summed E-state index contributed by atoms with van der Waals surface area (Å²) in [5.41, 5.74) is 0. The first-order valence-corrected chi connectivity index (χ1v) is 5.63. The normalized spacial score (nSPS) is 40.2. The largest absolute Gasteiger partial charge is 0.316 e. The molecule has 2 aliphatic rings. The number of nitrogens with zero attached hydrogens (tertiary/aromatic N) is 1. The Labute approximate surface area is 81.7 Å². The van der Waals surface area contributed by atoms with Gasteiger partial charge in [0, 0.05) is 25.2 Å². The van der Waals surface area contributed by atoms with E-state index in [1.54, 1.807) is 0 Å². The lowest BCUT2D eigenvalue weighted by molar-refractivity contribution is 0.105. The third-order valence-electron chi connectivity index (χ3n) is 3.93. The topological polar surface area (TPSA) is 15.3 Å². The van der Waals surface area contributed by atoms with E-state index in [0.29, 0.717) is 0 Å². The Bertz CT molecular complexity index is 165. The maximum absolute atomic E-state index is 3.50. The van der Waals surface area contributed by atoms with E-state index in [4.69, 9.17) is 0 Å². The van der Waals surface area contributed by atoms with Crippen molar-refractivity contribution in [3.05, 3.63) is 0 Å². The van der Waals surface area contributed by atoms with E-state index in [1.807, 2.05) is 0 Å². The predicted octanol–water partition coefficient (Wildman–Crippen LogP) is 1.32. The van der Waals surface area contributed by atoms with E-state index in [2.05, 4.69) is 31.1 Å². The number of fused-ring (bicyclic) bond motifs is 2. The molecule has 76 valence electrons. The number of rotatable bonds is 2. The minimum Gasteiger partial charge on any atom is -0.316 e. The molecule has 0 radical (unpaired) electrons. The highest BCUT2D eigenvalue weighted by atomic mass is 15.2. The van der Waals surface area contributed by atoms with Gasteiger partial charge in [-0.15, -0.1) is 0 Å². The Balaban J connectivity index is 2.02. The SMILES string of the molecule is CNC1C2CCC1CN(C(C)C)C2. The molecular weight excluding hydrogens is 160 g/mol. The van der Waals surface area contributed by atoms with Crippen LogP contribution in [0.5, 0.6) is 0 Å². The number of likely N-dealkylation sites (tertiary alicyclic amines) is 1. The van der Waals surface area contributed by atoms with Gasteiger partial charge in [0.25, 0.3) is 0 Å². The molecule has 1 saturated heterocycles. The number of nitrogens with one attached hydrogen (secondary N) is 1. The van der Waals surface area contributed by atoms with Crippen LogP contribution in [0, 0.1) is 11.8 Å². The lowest BCUT2D eigenvalue weighted by Gasteiger charge is -2.40. The summed E-state index contributed by atoms with van der Waals surface area (Å²) in [6.07, 6.45) is 2.89. The lowest BCUT2D eigenvalue weighted by Crippen LogP contribution is -2.51. The Morgan fingerprint density at radius 2 is 1.69 bits per heavy atom. The van der Waals surface area contributed by atoms with Crippen molar-refractivity contribution in [1.29, 1.82) is 0 Å². The van der Waals surface area contributed by atoms with Crippen LogP contribution >= 0.6 is 0 Å². The summed E-state index contributed by atoms with van der Waals surface area (Å²) in [5, 5.41) is 3.50. The fraction of sp³-hybridized carbons (Fsp3) is 1.00. The van der Waals surface area contributed by atoms with Gasteiger partial charge in [-0.25, -0.2) is 0 Å². The van der Waals surface area contributed by atoms with Gasteiger partial charge in [0.1, 0.15) is 0 Å². The second-order valence-corrected chi connectivity index (χ2v) is 4.96. The van der Waals surface area contributed by atoms with Gasteiger partial charge in [0.05, 0.1) is 0 Å². The average molecular weight is 182 g/mol. The summed E-state index contributed by atoms with van der Waals surface area (Å²) >= 11 is 0. The minimum absolute atomic E-state index is 0.737. The van der Waals surface area contributed by atoms with E-state index in [9.17, 15) is 0 Å². The van der Waals surface area contributed by atoms with Crippen molar-refractivity contribution in [3.63, 3.8) is 0 Å². The Kier molecular flexibility index (Phi) is 2.61. The number of piperidine rings is 1. The number of hydrogen-bond donors (Lipinski definition) is 1. The molecule has 1 aliphatic carbocycles. The second kappa shape index (κ2) is 3.58. The summed E-state index contributed by atoms with van der Waals surface area (Å²) < 4.78 is 0. The van der Waals surface area contributed by atoms with Gasteiger partial charge in [0.15, 0.2) is 0 Å². The monoisotopic (exact) mass is 182 g/mol. The molecule has 0 aromatic rings. The van der Waals surface area contributed by atoms with Crippen LogP contribution in [0.25, 0.3) is 0 Å². The standard InChI is InChI=1S/C11H22N2/c1-8(2)13-6-9-4-5-10(7-13)11(9)12-3/h8-12H,4-7H2,1-3H3. The molecule has 1 N–H and O–H groups in total. The molecule has 2 bridgehead atoms. The summed E-state index contributed by atoms with van der Waals surface area (Å²) in [6, 6.07) is 1.55. The third-order valence-corrected chi connectivity index (χ3v) is 3.93. The molecule has 1 heterocycles. The van der Waals surface area contributed by atoms with Crippen molar-refractivity contribution in [3.8, 4) is 0 Å². The smallest absolute Gasteiger partial charge is 0.0145 e. The van der Waals surface area contributed by atoms with Crippen molar-refractivity contribution in [1.82, 2.24) is 10.2 Å². The molecule has 2 atom stereocenters.